The van der Waals surface area contributed by atoms with Gasteiger partial charge in [0.15, 0.2) is 0 Å². The number of aromatic nitrogens is 1. The molecule has 1 aromatic carbocycles. The van der Waals surface area contributed by atoms with Crippen LogP contribution in [-0.2, 0) is 6.42 Å². The van der Waals surface area contributed by atoms with Crippen molar-refractivity contribution in [3.63, 3.8) is 0 Å². The Morgan fingerprint density at radius 3 is 2.61 bits per heavy atom. The number of hydrogen-bond acceptors (Lipinski definition) is 5. The van der Waals surface area contributed by atoms with Crippen molar-refractivity contribution < 1.29 is 14.3 Å². The second-order valence-corrected chi connectivity index (χ2v) is 9.36. The second-order valence-electron chi connectivity index (χ2n) is 9.36. The summed E-state index contributed by atoms with van der Waals surface area (Å²) in [5.74, 6) is 2.15. The molecule has 3 heterocycles. The van der Waals surface area contributed by atoms with Gasteiger partial charge in [-0.25, -0.2) is 4.98 Å². The molecule has 3 aliphatic rings. The lowest BCUT2D eigenvalue weighted by Gasteiger charge is -2.48. The number of carbonyl (C=O) groups excluding carboxylic acids is 1. The summed E-state index contributed by atoms with van der Waals surface area (Å²) in [6.45, 7) is 2.33. The minimum Gasteiger partial charge on any atom is -0.487 e. The molecule has 1 aromatic heterocycles. The SMILES string of the molecule is CN(C)C(=O)c1ccc(Oc2ccc3c(c2)CCC2(CCN(C4CCC4)CC2)O3)nc1. The van der Waals surface area contributed by atoms with Gasteiger partial charge in [0, 0.05) is 45.5 Å². The average Bonchev–Trinajstić information content (AvgIpc) is 2.74. The van der Waals surface area contributed by atoms with Crippen molar-refractivity contribution in [2.24, 2.45) is 0 Å². The minimum absolute atomic E-state index is 0.00594. The molecule has 6 heteroatoms. The number of ether oxygens (including phenoxy) is 2. The molecule has 2 fully saturated rings. The van der Waals surface area contributed by atoms with Crippen LogP contribution in [0.25, 0.3) is 0 Å². The molecule has 0 bridgehead atoms. The monoisotopic (exact) mass is 421 g/mol. The summed E-state index contributed by atoms with van der Waals surface area (Å²) in [5, 5.41) is 0. The number of pyridine rings is 1. The van der Waals surface area contributed by atoms with Crippen molar-refractivity contribution in [1.29, 1.82) is 0 Å². The molecule has 2 aliphatic heterocycles. The highest BCUT2D eigenvalue weighted by Crippen LogP contribution is 2.42. The van der Waals surface area contributed by atoms with E-state index in [1.165, 1.54) is 42.8 Å². The van der Waals surface area contributed by atoms with Crippen LogP contribution < -0.4 is 9.47 Å². The summed E-state index contributed by atoms with van der Waals surface area (Å²) in [6.07, 6.45) is 10.0. The quantitative estimate of drug-likeness (QED) is 0.737. The zero-order valence-corrected chi connectivity index (χ0v) is 18.5. The van der Waals surface area contributed by atoms with Crippen LogP contribution in [0, 0.1) is 0 Å². The first-order valence-electron chi connectivity index (χ1n) is 11.4. The number of nitrogens with zero attached hydrogens (tertiary/aromatic N) is 3. The lowest BCUT2D eigenvalue weighted by molar-refractivity contribution is -0.0337. The molecule has 1 spiro atoms. The summed E-state index contributed by atoms with van der Waals surface area (Å²) in [6, 6.07) is 10.3. The normalized spacial score (nSPS) is 20.5. The lowest BCUT2D eigenvalue weighted by Crippen LogP contribution is -2.53. The Hall–Kier alpha value is -2.60. The number of benzene rings is 1. The van der Waals surface area contributed by atoms with E-state index in [2.05, 4.69) is 16.0 Å². The van der Waals surface area contributed by atoms with Crippen molar-refractivity contribution in [3.05, 3.63) is 47.7 Å². The Morgan fingerprint density at radius 2 is 1.97 bits per heavy atom. The molecule has 0 atom stereocenters. The fourth-order valence-corrected chi connectivity index (χ4v) is 4.91. The molecule has 31 heavy (non-hydrogen) atoms. The Kier molecular flexibility index (Phi) is 5.34. The zero-order chi connectivity index (χ0) is 21.4. The third-order valence-corrected chi connectivity index (χ3v) is 7.12. The van der Waals surface area contributed by atoms with E-state index in [4.69, 9.17) is 9.47 Å². The van der Waals surface area contributed by atoms with E-state index in [1.807, 2.05) is 12.1 Å². The van der Waals surface area contributed by atoms with E-state index in [0.29, 0.717) is 11.4 Å². The molecule has 0 N–H and O–H groups in total. The van der Waals surface area contributed by atoms with Gasteiger partial charge in [0.1, 0.15) is 17.1 Å². The molecule has 1 saturated heterocycles. The number of carbonyl (C=O) groups is 1. The van der Waals surface area contributed by atoms with Crippen LogP contribution in [0.15, 0.2) is 36.5 Å². The molecule has 0 unspecified atom stereocenters. The number of rotatable bonds is 4. The van der Waals surface area contributed by atoms with Crippen molar-refractivity contribution in [3.8, 4) is 17.4 Å². The topological polar surface area (TPSA) is 54.9 Å². The van der Waals surface area contributed by atoms with Crippen LogP contribution in [0.3, 0.4) is 0 Å². The number of aryl methyl sites for hydroxylation is 1. The summed E-state index contributed by atoms with van der Waals surface area (Å²) in [5.41, 5.74) is 1.75. The summed E-state index contributed by atoms with van der Waals surface area (Å²) >= 11 is 0. The Bertz CT molecular complexity index is 945. The van der Waals surface area contributed by atoms with Gasteiger partial charge in [0.25, 0.3) is 5.91 Å². The van der Waals surface area contributed by atoms with E-state index >= 15 is 0 Å². The first-order valence-corrected chi connectivity index (χ1v) is 11.4. The van der Waals surface area contributed by atoms with Gasteiger partial charge < -0.3 is 19.3 Å². The van der Waals surface area contributed by atoms with Crippen LogP contribution in [-0.4, -0.2) is 59.5 Å². The van der Waals surface area contributed by atoms with E-state index in [1.54, 1.807) is 32.4 Å². The van der Waals surface area contributed by atoms with Crippen LogP contribution >= 0.6 is 0 Å². The van der Waals surface area contributed by atoms with Crippen LogP contribution in [0.1, 0.15) is 54.4 Å². The number of fused-ring (bicyclic) bond motifs is 1. The zero-order valence-electron chi connectivity index (χ0n) is 18.5. The molecule has 1 amide bonds. The number of amides is 1. The van der Waals surface area contributed by atoms with E-state index < -0.39 is 0 Å². The maximum atomic E-state index is 12.0. The number of hydrogen-bond donors (Lipinski definition) is 0. The minimum atomic E-state index is -0.0718. The van der Waals surface area contributed by atoms with Crippen LogP contribution in [0.5, 0.6) is 17.4 Å². The predicted molar refractivity (Wildman–Crippen MR) is 119 cm³/mol. The molecule has 1 saturated carbocycles. The van der Waals surface area contributed by atoms with Crippen LogP contribution in [0.4, 0.5) is 0 Å². The highest BCUT2D eigenvalue weighted by Gasteiger charge is 2.41. The third-order valence-electron chi connectivity index (χ3n) is 7.12. The fourth-order valence-electron chi connectivity index (χ4n) is 4.91. The molecule has 2 aromatic rings. The van der Waals surface area contributed by atoms with Crippen molar-refractivity contribution in [2.45, 2.75) is 56.6 Å². The van der Waals surface area contributed by atoms with Crippen molar-refractivity contribution >= 4 is 5.91 Å². The molecular weight excluding hydrogens is 390 g/mol. The standard InChI is InChI=1S/C25H31N3O3/c1-27(2)24(29)19-6-9-23(26-17-19)30-21-7-8-22-18(16-21)10-11-25(31-22)12-14-28(15-13-25)20-4-3-5-20/h6-9,16-17,20H,3-5,10-15H2,1-2H3. The maximum absolute atomic E-state index is 12.0. The molecule has 6 nitrogen and oxygen atoms in total. The molecule has 5 rings (SSSR count). The van der Waals surface area contributed by atoms with Gasteiger partial charge in [-0.15, -0.1) is 0 Å². The van der Waals surface area contributed by atoms with Gasteiger partial charge in [-0.3, -0.25) is 4.79 Å². The van der Waals surface area contributed by atoms with Crippen LogP contribution in [0.2, 0.25) is 0 Å². The molecule has 0 radical (unpaired) electrons. The average molecular weight is 422 g/mol. The van der Waals surface area contributed by atoms with Gasteiger partial charge in [0.05, 0.1) is 5.56 Å². The Labute approximate surface area is 184 Å². The first-order chi connectivity index (χ1) is 15.0. The van der Waals surface area contributed by atoms with E-state index in [0.717, 1.165) is 43.2 Å². The largest absolute Gasteiger partial charge is 0.487 e. The Balaban J connectivity index is 1.22. The van der Waals surface area contributed by atoms with Crippen molar-refractivity contribution in [2.75, 3.05) is 27.2 Å². The lowest BCUT2D eigenvalue weighted by atomic mass is 9.81. The predicted octanol–water partition coefficient (Wildman–Crippen LogP) is 4.29. The summed E-state index contributed by atoms with van der Waals surface area (Å²) in [7, 11) is 3.45. The molecule has 164 valence electrons. The summed E-state index contributed by atoms with van der Waals surface area (Å²) < 4.78 is 12.5. The summed E-state index contributed by atoms with van der Waals surface area (Å²) in [4.78, 5) is 20.5. The van der Waals surface area contributed by atoms with E-state index in [9.17, 15) is 4.79 Å². The fraction of sp³-hybridized carbons (Fsp3) is 0.520. The van der Waals surface area contributed by atoms with Gasteiger partial charge in [-0.1, -0.05) is 6.42 Å². The van der Waals surface area contributed by atoms with Gasteiger partial charge in [0.2, 0.25) is 5.88 Å². The Morgan fingerprint density at radius 1 is 1.16 bits per heavy atom. The van der Waals surface area contributed by atoms with E-state index in [-0.39, 0.29) is 11.5 Å². The highest BCUT2D eigenvalue weighted by molar-refractivity contribution is 5.93. The van der Waals surface area contributed by atoms with Gasteiger partial charge in [-0.2, -0.15) is 0 Å². The smallest absolute Gasteiger partial charge is 0.254 e. The molecular formula is C25H31N3O3. The third kappa shape index (κ3) is 4.13. The maximum Gasteiger partial charge on any atom is 0.254 e. The number of likely N-dealkylation sites (tertiary alicyclic amines) is 1. The van der Waals surface area contributed by atoms with Gasteiger partial charge >= 0.3 is 0 Å². The first kappa shape index (κ1) is 20.3. The second kappa shape index (κ2) is 8.15. The highest BCUT2D eigenvalue weighted by atomic mass is 16.5. The van der Waals surface area contributed by atoms with Crippen molar-refractivity contribution in [1.82, 2.24) is 14.8 Å². The molecule has 1 aliphatic carbocycles. The van der Waals surface area contributed by atoms with Gasteiger partial charge in [-0.05, 0) is 68.4 Å². The number of piperidine rings is 1.